The Labute approximate surface area is 183 Å². The van der Waals surface area contributed by atoms with Crippen LogP contribution in [-0.2, 0) is 9.59 Å². The zero-order valence-electron chi connectivity index (χ0n) is 16.2. The van der Waals surface area contributed by atoms with Gasteiger partial charge in [-0.1, -0.05) is 35.3 Å². The number of amides is 4. The van der Waals surface area contributed by atoms with E-state index in [1.807, 2.05) is 0 Å². The van der Waals surface area contributed by atoms with Gasteiger partial charge in [-0.25, -0.2) is 0 Å². The first-order chi connectivity index (χ1) is 14.3. The Hall–Kier alpha value is -2.90. The summed E-state index contributed by atoms with van der Waals surface area (Å²) in [4.78, 5) is 51.5. The summed E-state index contributed by atoms with van der Waals surface area (Å²) < 4.78 is 0. The summed E-state index contributed by atoms with van der Waals surface area (Å²) in [7, 11) is 1.51. The number of nitrogens with one attached hydrogen (secondary N) is 1. The maximum Gasteiger partial charge on any atom is 0.261 e. The van der Waals surface area contributed by atoms with Crippen LogP contribution in [0.4, 0.5) is 5.69 Å². The summed E-state index contributed by atoms with van der Waals surface area (Å²) in [5.41, 5.74) is 1.23. The molecule has 156 valence electrons. The van der Waals surface area contributed by atoms with E-state index in [1.165, 1.54) is 18.0 Å². The molecule has 3 rings (SSSR count). The number of hydrogen-bond donors (Lipinski definition) is 1. The minimum Gasteiger partial charge on any atom is -0.336 e. The molecule has 0 aromatic heterocycles. The van der Waals surface area contributed by atoms with Crippen LogP contribution in [0.3, 0.4) is 0 Å². The van der Waals surface area contributed by atoms with Crippen LogP contribution in [0, 0.1) is 0 Å². The van der Waals surface area contributed by atoms with Crippen molar-refractivity contribution in [2.45, 2.75) is 12.8 Å². The Morgan fingerprint density at radius 2 is 1.63 bits per heavy atom. The van der Waals surface area contributed by atoms with Crippen molar-refractivity contribution in [1.82, 2.24) is 9.80 Å². The van der Waals surface area contributed by atoms with Crippen molar-refractivity contribution >= 4 is 52.5 Å². The van der Waals surface area contributed by atoms with E-state index in [4.69, 9.17) is 23.2 Å². The Balaban J connectivity index is 1.46. The average Bonchev–Trinajstić information content (AvgIpc) is 2.95. The van der Waals surface area contributed by atoms with Gasteiger partial charge < -0.3 is 10.2 Å². The van der Waals surface area contributed by atoms with Gasteiger partial charge in [-0.05, 0) is 36.8 Å². The van der Waals surface area contributed by atoms with Crippen LogP contribution in [0.2, 0.25) is 10.0 Å². The number of rotatable bonds is 7. The Bertz CT molecular complexity index is 990. The molecule has 0 bridgehead atoms. The summed E-state index contributed by atoms with van der Waals surface area (Å²) in [6, 6.07) is 11.3. The first-order valence-corrected chi connectivity index (χ1v) is 9.97. The van der Waals surface area contributed by atoms with Gasteiger partial charge >= 0.3 is 0 Å². The standard InChI is InChI=1S/C21H19Cl2N3O4/c1-25(12-18(27)24-13-8-9-16(22)17(23)11-13)19(28)7-4-10-26-20(29)14-5-2-3-6-15(14)21(26)30/h2-3,5-6,8-9,11H,4,7,10,12H2,1H3,(H,24,27). The van der Waals surface area contributed by atoms with Gasteiger partial charge in [0.25, 0.3) is 11.8 Å². The van der Waals surface area contributed by atoms with E-state index in [-0.39, 0.29) is 43.1 Å². The number of anilines is 1. The number of nitrogens with zero attached hydrogens (tertiary/aromatic N) is 2. The monoisotopic (exact) mass is 447 g/mol. The predicted molar refractivity (Wildman–Crippen MR) is 114 cm³/mol. The second-order valence-corrected chi connectivity index (χ2v) is 7.65. The summed E-state index contributed by atoms with van der Waals surface area (Å²) in [6.07, 6.45) is 0.410. The van der Waals surface area contributed by atoms with Crippen LogP contribution in [0.15, 0.2) is 42.5 Å². The topological polar surface area (TPSA) is 86.8 Å². The van der Waals surface area contributed by atoms with E-state index in [0.29, 0.717) is 33.3 Å². The maximum absolute atomic E-state index is 12.3. The molecule has 0 spiro atoms. The van der Waals surface area contributed by atoms with Crippen molar-refractivity contribution < 1.29 is 19.2 Å². The van der Waals surface area contributed by atoms with E-state index < -0.39 is 0 Å². The molecule has 0 atom stereocenters. The van der Waals surface area contributed by atoms with Crippen LogP contribution in [0.1, 0.15) is 33.6 Å². The van der Waals surface area contributed by atoms with E-state index in [1.54, 1.807) is 36.4 Å². The third-order valence-corrected chi connectivity index (χ3v) is 5.40. The smallest absolute Gasteiger partial charge is 0.261 e. The lowest BCUT2D eigenvalue weighted by molar-refractivity contribution is -0.133. The number of likely N-dealkylation sites (N-methyl/N-ethyl adjacent to an activating group) is 1. The number of carbonyl (C=O) groups is 4. The molecule has 9 heteroatoms. The van der Waals surface area contributed by atoms with Gasteiger partial charge in [0.2, 0.25) is 11.8 Å². The molecule has 2 aromatic rings. The van der Waals surface area contributed by atoms with Gasteiger partial charge in [0, 0.05) is 25.7 Å². The molecular formula is C21H19Cl2N3O4. The molecule has 0 unspecified atom stereocenters. The molecule has 0 aliphatic carbocycles. The number of hydrogen-bond acceptors (Lipinski definition) is 4. The predicted octanol–water partition coefficient (Wildman–Crippen LogP) is 3.47. The van der Waals surface area contributed by atoms with Crippen molar-refractivity contribution in [3.05, 3.63) is 63.6 Å². The summed E-state index contributed by atoms with van der Waals surface area (Å²) in [5, 5.41) is 3.33. The zero-order chi connectivity index (χ0) is 21.8. The molecule has 30 heavy (non-hydrogen) atoms. The van der Waals surface area contributed by atoms with Gasteiger partial charge in [-0.3, -0.25) is 24.1 Å². The highest BCUT2D eigenvalue weighted by Gasteiger charge is 2.34. The average molecular weight is 448 g/mol. The van der Waals surface area contributed by atoms with Gasteiger partial charge in [0.15, 0.2) is 0 Å². The number of benzene rings is 2. The van der Waals surface area contributed by atoms with E-state index in [2.05, 4.69) is 5.32 Å². The molecule has 7 nitrogen and oxygen atoms in total. The molecule has 0 saturated carbocycles. The Kier molecular flexibility index (Phi) is 6.74. The number of halogens is 2. The van der Waals surface area contributed by atoms with Crippen molar-refractivity contribution in [3.63, 3.8) is 0 Å². The van der Waals surface area contributed by atoms with Crippen LogP contribution in [0.25, 0.3) is 0 Å². The first kappa shape index (κ1) is 21.8. The van der Waals surface area contributed by atoms with Crippen LogP contribution in [-0.4, -0.2) is 53.6 Å². The third-order valence-electron chi connectivity index (χ3n) is 4.66. The molecule has 0 fully saturated rings. The minimum absolute atomic E-state index is 0.101. The highest BCUT2D eigenvalue weighted by atomic mass is 35.5. The van der Waals surface area contributed by atoms with Crippen molar-refractivity contribution in [2.75, 3.05) is 25.5 Å². The normalized spacial score (nSPS) is 12.7. The van der Waals surface area contributed by atoms with Crippen molar-refractivity contribution in [2.24, 2.45) is 0 Å². The van der Waals surface area contributed by atoms with Crippen molar-refractivity contribution in [3.8, 4) is 0 Å². The second kappa shape index (κ2) is 9.28. The van der Waals surface area contributed by atoms with E-state index >= 15 is 0 Å². The lowest BCUT2D eigenvalue weighted by Gasteiger charge is -2.18. The molecule has 1 aliphatic heterocycles. The van der Waals surface area contributed by atoms with Crippen molar-refractivity contribution in [1.29, 1.82) is 0 Å². The fourth-order valence-electron chi connectivity index (χ4n) is 3.10. The van der Waals surface area contributed by atoms with Crippen LogP contribution >= 0.6 is 23.2 Å². The number of fused-ring (bicyclic) bond motifs is 1. The molecule has 1 heterocycles. The van der Waals surface area contributed by atoms with E-state index in [9.17, 15) is 19.2 Å². The lowest BCUT2D eigenvalue weighted by atomic mass is 10.1. The Morgan fingerprint density at radius 3 is 2.23 bits per heavy atom. The summed E-state index contributed by atoms with van der Waals surface area (Å²) >= 11 is 11.8. The fraction of sp³-hybridized carbons (Fsp3) is 0.238. The lowest BCUT2D eigenvalue weighted by Crippen LogP contribution is -2.36. The van der Waals surface area contributed by atoms with Crippen LogP contribution < -0.4 is 5.32 Å². The SMILES string of the molecule is CN(CC(=O)Nc1ccc(Cl)c(Cl)c1)C(=O)CCCN1C(=O)c2ccccc2C1=O. The largest absolute Gasteiger partial charge is 0.336 e. The second-order valence-electron chi connectivity index (χ2n) is 6.84. The highest BCUT2D eigenvalue weighted by Crippen LogP contribution is 2.25. The minimum atomic E-state index is -0.385. The van der Waals surface area contributed by atoms with Gasteiger partial charge in [0.1, 0.15) is 0 Å². The highest BCUT2D eigenvalue weighted by molar-refractivity contribution is 6.42. The molecule has 4 amide bonds. The first-order valence-electron chi connectivity index (χ1n) is 9.22. The molecule has 1 N–H and O–H groups in total. The molecule has 1 aliphatic rings. The number of carbonyl (C=O) groups excluding carboxylic acids is 4. The van der Waals surface area contributed by atoms with Gasteiger partial charge in [-0.15, -0.1) is 0 Å². The summed E-state index contributed by atoms with van der Waals surface area (Å²) in [5.74, 6) is -1.35. The fourth-order valence-corrected chi connectivity index (χ4v) is 3.40. The molecule has 0 saturated heterocycles. The zero-order valence-corrected chi connectivity index (χ0v) is 17.7. The molecule has 2 aromatic carbocycles. The maximum atomic E-state index is 12.3. The number of imide groups is 1. The third kappa shape index (κ3) is 4.80. The molecular weight excluding hydrogens is 429 g/mol. The Morgan fingerprint density at radius 1 is 1.00 bits per heavy atom. The quantitative estimate of drug-likeness (QED) is 0.658. The van der Waals surface area contributed by atoms with E-state index in [0.717, 1.165) is 4.90 Å². The molecule has 0 radical (unpaired) electrons. The summed E-state index contributed by atoms with van der Waals surface area (Å²) in [6.45, 7) is -0.00646. The van der Waals surface area contributed by atoms with Gasteiger partial charge in [0.05, 0.1) is 27.7 Å². The van der Waals surface area contributed by atoms with Crippen LogP contribution in [0.5, 0.6) is 0 Å². The van der Waals surface area contributed by atoms with Gasteiger partial charge in [-0.2, -0.15) is 0 Å².